The Balaban J connectivity index is 2.12. The number of carbonyl (C=O) groups is 1. The van der Waals surface area contributed by atoms with E-state index in [1.807, 2.05) is 0 Å². The molecule has 0 aromatic rings. The fourth-order valence-electron chi connectivity index (χ4n) is 3.04. The maximum atomic E-state index is 10.6. The Morgan fingerprint density at radius 1 is 1.60 bits per heavy atom. The van der Waals surface area contributed by atoms with Crippen LogP contribution in [0, 0.1) is 17.3 Å². The molecule has 0 unspecified atom stereocenters. The van der Waals surface area contributed by atoms with Crippen LogP contribution in [-0.4, -0.2) is 11.7 Å². The topological polar surface area (TPSA) is 67.5 Å². The molecule has 0 radical (unpaired) electrons. The quantitative estimate of drug-likeness (QED) is 0.636. The van der Waals surface area contributed by atoms with Gasteiger partial charge in [-0.25, -0.2) is 10.2 Å². The molecule has 84 valence electrons. The summed E-state index contributed by atoms with van der Waals surface area (Å²) in [5.74, 6) is 1.38. The van der Waals surface area contributed by atoms with Crippen molar-refractivity contribution in [3.8, 4) is 0 Å². The molecule has 3 aliphatic carbocycles. The summed E-state index contributed by atoms with van der Waals surface area (Å²) in [4.78, 5) is 10.6. The first-order chi connectivity index (χ1) is 7.01. The van der Waals surface area contributed by atoms with E-state index < -0.39 is 6.03 Å². The number of hydrogen-bond donors (Lipinski definition) is 2. The van der Waals surface area contributed by atoms with Gasteiger partial charge in [-0.05, 0) is 37.0 Å². The van der Waals surface area contributed by atoms with E-state index >= 15 is 0 Å². The van der Waals surface area contributed by atoms with Crippen LogP contribution in [-0.2, 0) is 0 Å². The van der Waals surface area contributed by atoms with E-state index in [0.717, 1.165) is 18.1 Å². The van der Waals surface area contributed by atoms with Crippen molar-refractivity contribution in [1.82, 2.24) is 5.43 Å². The highest BCUT2D eigenvalue weighted by molar-refractivity contribution is 5.89. The molecule has 0 aromatic heterocycles. The molecule has 3 aliphatic rings. The molecular formula is C11H19N3O. The summed E-state index contributed by atoms with van der Waals surface area (Å²) in [5, 5.41) is 4.15. The molecule has 4 heteroatoms. The average Bonchev–Trinajstić information content (AvgIpc) is 2.43. The van der Waals surface area contributed by atoms with Gasteiger partial charge in [0.25, 0.3) is 0 Å². The fourth-order valence-corrected chi connectivity index (χ4v) is 3.04. The van der Waals surface area contributed by atoms with Crippen LogP contribution in [0.25, 0.3) is 0 Å². The van der Waals surface area contributed by atoms with Crippen LogP contribution in [0.5, 0.6) is 0 Å². The summed E-state index contributed by atoms with van der Waals surface area (Å²) in [7, 11) is 0. The van der Waals surface area contributed by atoms with Crippen LogP contribution in [0.4, 0.5) is 4.79 Å². The predicted octanol–water partition coefficient (Wildman–Crippen LogP) is 1.86. The number of nitrogens with two attached hydrogens (primary N) is 1. The minimum atomic E-state index is -0.569. The average molecular weight is 209 g/mol. The summed E-state index contributed by atoms with van der Waals surface area (Å²) in [6.45, 7) is 4.61. The van der Waals surface area contributed by atoms with Gasteiger partial charge in [-0.2, -0.15) is 5.10 Å². The highest BCUT2D eigenvalue weighted by Gasteiger charge is 2.51. The second kappa shape index (κ2) is 3.51. The number of urea groups is 1. The molecule has 2 bridgehead atoms. The lowest BCUT2D eigenvalue weighted by molar-refractivity contribution is 0.0248. The van der Waals surface area contributed by atoms with Crippen LogP contribution in [0.15, 0.2) is 5.10 Å². The fraction of sp³-hybridized carbons (Fsp3) is 0.818. The SMILES string of the molecule is CC1(C)[C@@H]2CCC/C(=N/NC(N)=O)[C@@H]1C2. The molecule has 0 aromatic carbocycles. The van der Waals surface area contributed by atoms with Gasteiger partial charge in [0.05, 0.1) is 0 Å². The normalized spacial score (nSPS) is 35.5. The maximum absolute atomic E-state index is 10.6. The third-order valence-corrected chi connectivity index (χ3v) is 4.17. The monoisotopic (exact) mass is 209 g/mol. The van der Waals surface area contributed by atoms with E-state index in [0.29, 0.717) is 11.3 Å². The van der Waals surface area contributed by atoms with Gasteiger partial charge in [0.15, 0.2) is 0 Å². The third kappa shape index (κ3) is 1.73. The number of amides is 2. The molecule has 2 atom stereocenters. The second-order valence-electron chi connectivity index (χ2n) is 5.28. The van der Waals surface area contributed by atoms with E-state index in [9.17, 15) is 4.79 Å². The highest BCUT2D eigenvalue weighted by Crippen LogP contribution is 2.56. The Hall–Kier alpha value is -1.06. The largest absolute Gasteiger partial charge is 0.350 e. The molecule has 0 aliphatic heterocycles. The zero-order valence-corrected chi connectivity index (χ0v) is 9.42. The van der Waals surface area contributed by atoms with Crippen molar-refractivity contribution in [2.24, 2.45) is 28.1 Å². The summed E-state index contributed by atoms with van der Waals surface area (Å²) < 4.78 is 0. The van der Waals surface area contributed by atoms with E-state index in [1.165, 1.54) is 19.3 Å². The molecule has 3 N–H and O–H groups in total. The standard InChI is InChI=1S/C11H19N3O/c1-11(2)7-4-3-5-9(8(11)6-7)13-14-10(12)15/h7-8H,3-6H2,1-2H3,(H3,12,14,15)/b13-9-/t7-,8+/m1/s1. The van der Waals surface area contributed by atoms with E-state index in [2.05, 4.69) is 24.4 Å². The minimum absolute atomic E-state index is 0.356. The van der Waals surface area contributed by atoms with Gasteiger partial charge < -0.3 is 5.73 Å². The van der Waals surface area contributed by atoms with Crippen molar-refractivity contribution in [2.45, 2.75) is 39.5 Å². The maximum Gasteiger partial charge on any atom is 0.332 e. The van der Waals surface area contributed by atoms with Gasteiger partial charge in [0.2, 0.25) is 0 Å². The number of hydrogen-bond acceptors (Lipinski definition) is 2. The molecule has 0 heterocycles. The number of carbonyl (C=O) groups excluding carboxylic acids is 1. The Morgan fingerprint density at radius 3 is 2.93 bits per heavy atom. The van der Waals surface area contributed by atoms with Crippen molar-refractivity contribution in [3.63, 3.8) is 0 Å². The lowest BCUT2D eigenvalue weighted by atomic mass is 9.54. The Morgan fingerprint density at radius 2 is 2.33 bits per heavy atom. The molecule has 3 rings (SSSR count). The first-order valence-electron chi connectivity index (χ1n) is 5.63. The van der Waals surface area contributed by atoms with Crippen LogP contribution in [0.2, 0.25) is 0 Å². The van der Waals surface area contributed by atoms with Gasteiger partial charge >= 0.3 is 6.03 Å². The number of primary amides is 1. The number of nitrogens with one attached hydrogen (secondary N) is 1. The van der Waals surface area contributed by atoms with Gasteiger partial charge in [-0.1, -0.05) is 13.8 Å². The number of fused-ring (bicyclic) bond motifs is 3. The zero-order chi connectivity index (χ0) is 11.1. The Labute approximate surface area is 90.3 Å². The molecule has 2 amide bonds. The van der Waals surface area contributed by atoms with Crippen LogP contribution in [0.1, 0.15) is 39.5 Å². The lowest BCUT2D eigenvalue weighted by Crippen LogP contribution is -2.47. The van der Waals surface area contributed by atoms with Crippen LogP contribution in [0.3, 0.4) is 0 Å². The minimum Gasteiger partial charge on any atom is -0.350 e. The summed E-state index contributed by atoms with van der Waals surface area (Å²) >= 11 is 0. The number of rotatable bonds is 1. The molecular weight excluding hydrogens is 190 g/mol. The van der Waals surface area contributed by atoms with Gasteiger partial charge in [0.1, 0.15) is 0 Å². The first kappa shape index (κ1) is 10.5. The molecule has 15 heavy (non-hydrogen) atoms. The van der Waals surface area contributed by atoms with Crippen LogP contribution < -0.4 is 11.2 Å². The molecule has 3 fully saturated rings. The van der Waals surface area contributed by atoms with Crippen molar-refractivity contribution >= 4 is 11.7 Å². The van der Waals surface area contributed by atoms with E-state index in [-0.39, 0.29) is 0 Å². The number of hydrazone groups is 1. The smallest absolute Gasteiger partial charge is 0.332 e. The number of nitrogens with zero attached hydrogens (tertiary/aromatic N) is 1. The zero-order valence-electron chi connectivity index (χ0n) is 9.42. The summed E-state index contributed by atoms with van der Waals surface area (Å²) in [5.41, 5.74) is 8.87. The van der Waals surface area contributed by atoms with E-state index in [4.69, 9.17) is 5.73 Å². The van der Waals surface area contributed by atoms with Crippen molar-refractivity contribution < 1.29 is 4.79 Å². The summed E-state index contributed by atoms with van der Waals surface area (Å²) in [6, 6.07) is -0.569. The Kier molecular flexibility index (Phi) is 2.44. The molecule has 3 saturated carbocycles. The van der Waals surface area contributed by atoms with Crippen molar-refractivity contribution in [1.29, 1.82) is 0 Å². The molecule has 0 saturated heterocycles. The van der Waals surface area contributed by atoms with E-state index in [1.54, 1.807) is 0 Å². The second-order valence-corrected chi connectivity index (χ2v) is 5.28. The molecule has 0 spiro atoms. The third-order valence-electron chi connectivity index (χ3n) is 4.17. The Bertz CT molecular complexity index is 309. The first-order valence-corrected chi connectivity index (χ1v) is 5.63. The highest BCUT2D eigenvalue weighted by atomic mass is 16.2. The van der Waals surface area contributed by atoms with Crippen molar-refractivity contribution in [2.75, 3.05) is 0 Å². The van der Waals surface area contributed by atoms with Gasteiger partial charge in [-0.3, -0.25) is 0 Å². The van der Waals surface area contributed by atoms with Crippen LogP contribution >= 0.6 is 0 Å². The summed E-state index contributed by atoms with van der Waals surface area (Å²) in [6.07, 6.45) is 4.71. The van der Waals surface area contributed by atoms with Crippen molar-refractivity contribution in [3.05, 3.63) is 0 Å². The van der Waals surface area contributed by atoms with Gasteiger partial charge in [-0.15, -0.1) is 0 Å². The van der Waals surface area contributed by atoms with Gasteiger partial charge in [0, 0.05) is 11.6 Å². The lowest BCUT2D eigenvalue weighted by Gasteiger charge is -2.51. The molecule has 4 nitrogen and oxygen atoms in total. The predicted molar refractivity (Wildman–Crippen MR) is 59.4 cm³/mol.